The summed E-state index contributed by atoms with van der Waals surface area (Å²) in [6, 6.07) is 6.74. The molecule has 1 aliphatic heterocycles. The summed E-state index contributed by atoms with van der Waals surface area (Å²) < 4.78 is 10.1. The molecule has 1 aromatic rings. The fraction of sp³-hybridized carbons (Fsp3) is 0.500. The number of fused-ring (bicyclic) bond motifs is 5. The zero-order valence-electron chi connectivity index (χ0n) is 16.0. The molecule has 0 aromatic heterocycles. The number of carbonyl (C=O) groups excluding carboxylic acids is 4. The molecule has 6 atom stereocenters. The second-order valence-corrected chi connectivity index (χ2v) is 9.82. The van der Waals surface area contributed by atoms with Gasteiger partial charge in [0.15, 0.2) is 6.61 Å². The minimum atomic E-state index is -0.796. The maximum atomic E-state index is 12.8. The molecule has 2 saturated carbocycles. The number of imide groups is 1. The summed E-state index contributed by atoms with van der Waals surface area (Å²) in [5.41, 5.74) is 0.497. The molecule has 3 aliphatic rings. The van der Waals surface area contributed by atoms with E-state index >= 15 is 0 Å². The normalized spacial score (nSPS) is 31.6. The molecule has 2 bridgehead atoms. The molecule has 4 rings (SSSR count). The number of halogens is 2. The van der Waals surface area contributed by atoms with Crippen molar-refractivity contribution in [3.05, 3.63) is 24.3 Å². The maximum absolute atomic E-state index is 12.8. The maximum Gasteiger partial charge on any atom is 0.326 e. The van der Waals surface area contributed by atoms with E-state index in [1.165, 1.54) is 7.11 Å². The first-order chi connectivity index (χ1) is 14.3. The third kappa shape index (κ3) is 3.64. The van der Waals surface area contributed by atoms with Crippen molar-refractivity contribution in [3.63, 3.8) is 0 Å². The van der Waals surface area contributed by atoms with E-state index in [4.69, 9.17) is 9.47 Å². The fourth-order valence-electron chi connectivity index (χ4n) is 4.79. The summed E-state index contributed by atoms with van der Waals surface area (Å²) >= 11 is 7.24. The number of nitrogens with one attached hydrogen (secondary N) is 1. The van der Waals surface area contributed by atoms with Crippen LogP contribution in [0.25, 0.3) is 0 Å². The number of likely N-dealkylation sites (tertiary alicyclic amines) is 1. The lowest BCUT2D eigenvalue weighted by Gasteiger charge is -2.28. The summed E-state index contributed by atoms with van der Waals surface area (Å²) in [6.45, 7) is -0.992. The molecule has 2 aliphatic carbocycles. The van der Waals surface area contributed by atoms with Gasteiger partial charge in [-0.25, -0.2) is 0 Å². The molecule has 30 heavy (non-hydrogen) atoms. The van der Waals surface area contributed by atoms with Gasteiger partial charge < -0.3 is 14.8 Å². The molecule has 0 radical (unpaired) electrons. The fourth-order valence-corrected chi connectivity index (χ4v) is 6.66. The smallest absolute Gasteiger partial charge is 0.326 e. The molecule has 1 N–H and O–H groups in total. The Hall–Kier alpha value is -1.94. The van der Waals surface area contributed by atoms with Crippen molar-refractivity contribution < 1.29 is 28.7 Å². The molecule has 1 aromatic carbocycles. The predicted octanol–water partition coefficient (Wildman–Crippen LogP) is 1.95. The summed E-state index contributed by atoms with van der Waals surface area (Å²) in [5.74, 6) is -2.00. The van der Waals surface area contributed by atoms with Gasteiger partial charge in [-0.3, -0.25) is 24.1 Å². The van der Waals surface area contributed by atoms with Crippen molar-refractivity contribution >= 4 is 61.2 Å². The van der Waals surface area contributed by atoms with Gasteiger partial charge in [0.25, 0.3) is 5.91 Å². The van der Waals surface area contributed by atoms with Crippen LogP contribution >= 0.6 is 31.9 Å². The number of nitrogens with zero attached hydrogens (tertiary/aromatic N) is 1. The average Bonchev–Trinajstić information content (AvgIpc) is 3.33. The van der Waals surface area contributed by atoms with Crippen LogP contribution in [0.2, 0.25) is 0 Å². The number of anilines is 1. The van der Waals surface area contributed by atoms with E-state index in [9.17, 15) is 19.2 Å². The Morgan fingerprint density at radius 1 is 1.13 bits per heavy atom. The van der Waals surface area contributed by atoms with E-state index in [1.807, 2.05) is 0 Å². The Morgan fingerprint density at radius 3 is 2.37 bits per heavy atom. The van der Waals surface area contributed by atoms with Gasteiger partial charge in [0.1, 0.15) is 12.3 Å². The van der Waals surface area contributed by atoms with Crippen LogP contribution in [-0.2, 0) is 23.9 Å². The van der Waals surface area contributed by atoms with Crippen LogP contribution < -0.4 is 10.1 Å². The standard InChI is InChI=1S/C20H20Br2N2O6/c1-29-10-4-2-3-9(5-10)23-13(25)8-30-14(26)7-24-19(27)15-11-6-12(16(15)20(24)28)18(22)17(11)21/h2-5,11-12,15-18H,6-8H2,1H3,(H,23,25)/t11-,12-,15-,16-,17+,18+/m1/s1. The highest BCUT2D eigenvalue weighted by molar-refractivity contribution is 9.12. The Labute approximate surface area is 189 Å². The van der Waals surface area contributed by atoms with E-state index < -0.39 is 25.0 Å². The minimum absolute atomic E-state index is 0.0792. The molecule has 160 valence electrons. The van der Waals surface area contributed by atoms with Gasteiger partial charge in [0.2, 0.25) is 11.8 Å². The van der Waals surface area contributed by atoms with E-state index in [-0.39, 0.29) is 45.1 Å². The van der Waals surface area contributed by atoms with Crippen molar-refractivity contribution in [1.29, 1.82) is 0 Å². The lowest BCUT2D eigenvalue weighted by Crippen LogP contribution is -2.38. The number of carbonyl (C=O) groups is 4. The van der Waals surface area contributed by atoms with Crippen LogP contribution in [0.1, 0.15) is 6.42 Å². The van der Waals surface area contributed by atoms with Crippen molar-refractivity contribution in [2.45, 2.75) is 16.1 Å². The monoisotopic (exact) mass is 542 g/mol. The molecule has 10 heteroatoms. The highest BCUT2D eigenvalue weighted by Crippen LogP contribution is 2.60. The Balaban J connectivity index is 1.31. The van der Waals surface area contributed by atoms with Crippen LogP contribution in [0.3, 0.4) is 0 Å². The van der Waals surface area contributed by atoms with Gasteiger partial charge in [0, 0.05) is 21.4 Å². The van der Waals surface area contributed by atoms with Gasteiger partial charge in [-0.2, -0.15) is 0 Å². The van der Waals surface area contributed by atoms with Crippen LogP contribution in [0.4, 0.5) is 5.69 Å². The molecular formula is C20H20Br2N2O6. The second kappa shape index (κ2) is 8.30. The molecule has 0 spiro atoms. The van der Waals surface area contributed by atoms with E-state index in [2.05, 4.69) is 37.2 Å². The van der Waals surface area contributed by atoms with E-state index in [0.29, 0.717) is 11.4 Å². The molecular weight excluding hydrogens is 524 g/mol. The lowest BCUT2D eigenvalue weighted by molar-refractivity contribution is -0.154. The number of ether oxygens (including phenoxy) is 2. The molecule has 0 unspecified atom stereocenters. The number of benzene rings is 1. The third-order valence-corrected chi connectivity index (χ3v) is 9.29. The number of methoxy groups -OCH3 is 1. The van der Waals surface area contributed by atoms with Crippen LogP contribution in [0, 0.1) is 23.7 Å². The molecule has 3 amide bonds. The van der Waals surface area contributed by atoms with Gasteiger partial charge in [-0.1, -0.05) is 37.9 Å². The number of alkyl halides is 2. The van der Waals surface area contributed by atoms with Gasteiger partial charge in [-0.05, 0) is 30.4 Å². The average molecular weight is 544 g/mol. The van der Waals surface area contributed by atoms with Gasteiger partial charge in [-0.15, -0.1) is 0 Å². The van der Waals surface area contributed by atoms with Crippen LogP contribution in [0.5, 0.6) is 5.75 Å². The second-order valence-electron chi connectivity index (χ2n) is 7.71. The topological polar surface area (TPSA) is 102 Å². The highest BCUT2D eigenvalue weighted by atomic mass is 79.9. The number of esters is 1. The predicted molar refractivity (Wildman–Crippen MR) is 113 cm³/mol. The number of rotatable bonds is 6. The summed E-state index contributed by atoms with van der Waals surface area (Å²) in [7, 11) is 1.51. The first kappa shape index (κ1) is 21.3. The minimum Gasteiger partial charge on any atom is -0.497 e. The number of amides is 3. The SMILES string of the molecule is COc1cccc(NC(=O)COC(=O)CN2C(=O)[C@@H]3[C@H]4C[C@@H]([C@H](Br)[C@H]4Br)[C@H]3C2=O)c1. The van der Waals surface area contributed by atoms with Gasteiger partial charge in [0.05, 0.1) is 18.9 Å². The number of hydrogen-bond acceptors (Lipinski definition) is 6. The number of hydrogen-bond donors (Lipinski definition) is 1. The highest BCUT2D eigenvalue weighted by Gasteiger charge is 2.66. The van der Waals surface area contributed by atoms with Crippen molar-refractivity contribution in [1.82, 2.24) is 4.90 Å². The van der Waals surface area contributed by atoms with Crippen LogP contribution in [0.15, 0.2) is 24.3 Å². The van der Waals surface area contributed by atoms with Gasteiger partial charge >= 0.3 is 5.97 Å². The van der Waals surface area contributed by atoms with Crippen molar-refractivity contribution in [2.75, 3.05) is 25.6 Å². The zero-order valence-corrected chi connectivity index (χ0v) is 19.2. The molecule has 8 nitrogen and oxygen atoms in total. The summed E-state index contributed by atoms with van der Waals surface area (Å²) in [5, 5.41) is 2.59. The molecule has 1 heterocycles. The van der Waals surface area contributed by atoms with E-state index in [0.717, 1.165) is 11.3 Å². The Kier molecular flexibility index (Phi) is 5.89. The first-order valence-electron chi connectivity index (χ1n) is 9.54. The van der Waals surface area contributed by atoms with Crippen molar-refractivity contribution in [3.8, 4) is 5.75 Å². The molecule has 1 saturated heterocycles. The van der Waals surface area contributed by atoms with Crippen molar-refractivity contribution in [2.24, 2.45) is 23.7 Å². The summed E-state index contributed by atoms with van der Waals surface area (Å²) in [6.07, 6.45) is 0.821. The Bertz CT molecular complexity index is 877. The zero-order chi connectivity index (χ0) is 21.6. The first-order valence-corrected chi connectivity index (χ1v) is 11.4. The quantitative estimate of drug-likeness (QED) is 0.334. The van der Waals surface area contributed by atoms with Crippen LogP contribution in [-0.4, -0.2) is 58.5 Å². The Morgan fingerprint density at radius 2 is 1.77 bits per heavy atom. The van der Waals surface area contributed by atoms with E-state index in [1.54, 1.807) is 24.3 Å². The molecule has 3 fully saturated rings. The summed E-state index contributed by atoms with van der Waals surface area (Å²) in [4.78, 5) is 51.0. The lowest BCUT2D eigenvalue weighted by atomic mass is 9.81. The third-order valence-electron chi connectivity index (χ3n) is 6.08. The largest absolute Gasteiger partial charge is 0.497 e.